The fourth-order valence-electron chi connectivity index (χ4n) is 1.19. The highest BCUT2D eigenvalue weighted by atomic mass is 15.2. The third-order valence-electron chi connectivity index (χ3n) is 2.08. The van der Waals surface area contributed by atoms with Crippen LogP contribution in [0, 0.1) is 17.8 Å². The van der Waals surface area contributed by atoms with Gasteiger partial charge in [0.2, 0.25) is 0 Å². The van der Waals surface area contributed by atoms with Crippen molar-refractivity contribution >= 4 is 0 Å². The van der Waals surface area contributed by atoms with Crippen molar-refractivity contribution in [3.05, 3.63) is 0 Å². The van der Waals surface area contributed by atoms with Gasteiger partial charge in [-0.2, -0.15) is 0 Å². The molecule has 0 bridgehead atoms. The lowest BCUT2D eigenvalue weighted by Crippen LogP contribution is -2.35. The molecule has 1 saturated carbocycles. The molecule has 0 spiro atoms. The Hall–Kier alpha value is -0.520. The molecule has 1 rings (SSSR count). The molecule has 2 nitrogen and oxygen atoms in total. The molecule has 0 heterocycles. The van der Waals surface area contributed by atoms with E-state index in [-0.39, 0.29) is 0 Å². The Morgan fingerprint density at radius 1 is 1.64 bits per heavy atom. The summed E-state index contributed by atoms with van der Waals surface area (Å²) in [6.07, 6.45) is 4.87. The van der Waals surface area contributed by atoms with Gasteiger partial charge in [-0.15, -0.1) is 11.8 Å². The smallest absolute Gasteiger partial charge is 0.0322 e. The molecule has 1 aliphatic rings. The molecule has 0 aromatic heterocycles. The maximum Gasteiger partial charge on any atom is 0.0322 e. The van der Waals surface area contributed by atoms with Crippen molar-refractivity contribution in [3.63, 3.8) is 0 Å². The van der Waals surface area contributed by atoms with E-state index in [2.05, 4.69) is 17.3 Å². The highest BCUT2D eigenvalue weighted by molar-refractivity contribution is 4.98. The Kier molecular flexibility index (Phi) is 3.41. The monoisotopic (exact) mass is 152 g/mol. The average molecular weight is 152 g/mol. The van der Waals surface area contributed by atoms with Crippen LogP contribution in [0.25, 0.3) is 0 Å². The second-order valence-corrected chi connectivity index (χ2v) is 3.17. The molecule has 0 aromatic carbocycles. The summed E-state index contributed by atoms with van der Waals surface area (Å²) in [6, 6.07) is 0.412. The predicted octanol–water partition coefficient (Wildman–Crippen LogP) is 1.03. The first kappa shape index (κ1) is 8.58. The molecule has 2 heteroatoms. The van der Waals surface area contributed by atoms with Gasteiger partial charge in [0.25, 0.3) is 0 Å². The Labute approximate surface area is 68.5 Å². The predicted molar refractivity (Wildman–Crippen MR) is 46.5 cm³/mol. The number of rotatable bonds is 4. The van der Waals surface area contributed by atoms with Crippen molar-refractivity contribution in [2.75, 3.05) is 0 Å². The quantitative estimate of drug-likeness (QED) is 0.359. The van der Waals surface area contributed by atoms with E-state index in [0.717, 1.165) is 12.3 Å². The third kappa shape index (κ3) is 3.41. The summed E-state index contributed by atoms with van der Waals surface area (Å²) in [5, 5.41) is 0. The normalized spacial score (nSPS) is 18.7. The molecular formula is C9H16N2. The Morgan fingerprint density at radius 2 is 2.36 bits per heavy atom. The van der Waals surface area contributed by atoms with Crippen LogP contribution in [0.15, 0.2) is 0 Å². The van der Waals surface area contributed by atoms with Crippen LogP contribution in [0.2, 0.25) is 0 Å². The van der Waals surface area contributed by atoms with E-state index in [0.29, 0.717) is 6.04 Å². The average Bonchev–Trinajstić information content (AvgIpc) is 2.81. The van der Waals surface area contributed by atoms with Gasteiger partial charge in [0, 0.05) is 12.5 Å². The molecule has 0 amide bonds. The summed E-state index contributed by atoms with van der Waals surface area (Å²) in [4.78, 5) is 0. The fraction of sp³-hybridized carbons (Fsp3) is 0.778. The molecule has 0 aromatic rings. The van der Waals surface area contributed by atoms with Gasteiger partial charge >= 0.3 is 0 Å². The Morgan fingerprint density at radius 3 is 2.82 bits per heavy atom. The van der Waals surface area contributed by atoms with Gasteiger partial charge < -0.3 is 0 Å². The van der Waals surface area contributed by atoms with E-state index in [1.807, 2.05) is 6.92 Å². The third-order valence-corrected chi connectivity index (χ3v) is 2.08. The van der Waals surface area contributed by atoms with Crippen molar-refractivity contribution in [3.8, 4) is 11.8 Å². The number of nitrogens with two attached hydrogens (primary N) is 1. The lowest BCUT2D eigenvalue weighted by molar-refractivity contribution is 0.477. The van der Waals surface area contributed by atoms with Crippen molar-refractivity contribution < 1.29 is 0 Å². The molecular weight excluding hydrogens is 136 g/mol. The maximum absolute atomic E-state index is 5.37. The first-order chi connectivity index (χ1) is 5.36. The summed E-state index contributed by atoms with van der Waals surface area (Å²) in [5.41, 5.74) is 2.81. The van der Waals surface area contributed by atoms with Crippen molar-refractivity contribution in [2.24, 2.45) is 11.8 Å². The lowest BCUT2D eigenvalue weighted by atomic mass is 10.1. The zero-order valence-corrected chi connectivity index (χ0v) is 7.06. The van der Waals surface area contributed by atoms with Crippen LogP contribution < -0.4 is 11.3 Å². The number of hydrogen-bond donors (Lipinski definition) is 2. The first-order valence-corrected chi connectivity index (χ1v) is 4.22. The second-order valence-electron chi connectivity index (χ2n) is 3.17. The molecule has 1 aliphatic carbocycles. The van der Waals surface area contributed by atoms with Gasteiger partial charge in [0.1, 0.15) is 0 Å². The van der Waals surface area contributed by atoms with Crippen LogP contribution in [0.3, 0.4) is 0 Å². The molecule has 1 fully saturated rings. The van der Waals surface area contributed by atoms with Gasteiger partial charge in [0.15, 0.2) is 0 Å². The largest absolute Gasteiger partial charge is 0.271 e. The summed E-state index contributed by atoms with van der Waals surface area (Å²) in [5.74, 6) is 12.2. The summed E-state index contributed by atoms with van der Waals surface area (Å²) in [7, 11) is 0. The van der Waals surface area contributed by atoms with E-state index in [4.69, 9.17) is 5.84 Å². The molecule has 0 saturated heterocycles. The van der Waals surface area contributed by atoms with Gasteiger partial charge in [-0.05, 0) is 19.3 Å². The first-order valence-electron chi connectivity index (χ1n) is 4.22. The van der Waals surface area contributed by atoms with Crippen molar-refractivity contribution in [1.29, 1.82) is 0 Å². The fourth-order valence-corrected chi connectivity index (χ4v) is 1.19. The van der Waals surface area contributed by atoms with Crippen LogP contribution in [-0.2, 0) is 0 Å². The molecule has 0 radical (unpaired) electrons. The minimum absolute atomic E-state index is 0.412. The lowest BCUT2D eigenvalue weighted by Gasteiger charge is -2.10. The summed E-state index contributed by atoms with van der Waals surface area (Å²) >= 11 is 0. The second kappa shape index (κ2) is 4.38. The Balaban J connectivity index is 2.15. The number of hydrogen-bond acceptors (Lipinski definition) is 2. The zero-order valence-electron chi connectivity index (χ0n) is 7.06. The van der Waals surface area contributed by atoms with Gasteiger partial charge in [-0.1, -0.05) is 12.8 Å². The molecule has 1 atom stereocenters. The summed E-state index contributed by atoms with van der Waals surface area (Å²) < 4.78 is 0. The SMILES string of the molecule is CC#CCC(CC1CC1)NN. The molecule has 1 unspecified atom stereocenters. The standard InChI is InChI=1S/C9H16N2/c1-2-3-4-9(11-10)7-8-5-6-8/h8-9,11H,4-7,10H2,1H3. The van der Waals surface area contributed by atoms with E-state index in [9.17, 15) is 0 Å². The van der Waals surface area contributed by atoms with Crippen LogP contribution >= 0.6 is 0 Å². The minimum atomic E-state index is 0.412. The molecule has 0 aliphatic heterocycles. The van der Waals surface area contributed by atoms with Crippen molar-refractivity contribution in [2.45, 2.75) is 38.6 Å². The maximum atomic E-state index is 5.37. The van der Waals surface area contributed by atoms with Crippen LogP contribution in [0.1, 0.15) is 32.6 Å². The molecule has 62 valence electrons. The topological polar surface area (TPSA) is 38.0 Å². The highest BCUT2D eigenvalue weighted by Gasteiger charge is 2.24. The van der Waals surface area contributed by atoms with Crippen LogP contribution in [0.5, 0.6) is 0 Å². The Bertz CT molecular complexity index is 162. The van der Waals surface area contributed by atoms with Gasteiger partial charge in [-0.3, -0.25) is 11.3 Å². The van der Waals surface area contributed by atoms with Crippen molar-refractivity contribution in [1.82, 2.24) is 5.43 Å². The van der Waals surface area contributed by atoms with E-state index in [1.165, 1.54) is 19.3 Å². The number of nitrogens with one attached hydrogen (secondary N) is 1. The molecule has 3 N–H and O–H groups in total. The van der Waals surface area contributed by atoms with E-state index in [1.54, 1.807) is 0 Å². The van der Waals surface area contributed by atoms with Gasteiger partial charge in [-0.25, -0.2) is 0 Å². The van der Waals surface area contributed by atoms with Crippen LogP contribution in [0.4, 0.5) is 0 Å². The molecule has 11 heavy (non-hydrogen) atoms. The zero-order chi connectivity index (χ0) is 8.10. The summed E-state index contributed by atoms with van der Waals surface area (Å²) in [6.45, 7) is 1.87. The highest BCUT2D eigenvalue weighted by Crippen LogP contribution is 2.33. The number of hydrazine groups is 1. The van der Waals surface area contributed by atoms with Gasteiger partial charge in [0.05, 0.1) is 0 Å². The minimum Gasteiger partial charge on any atom is -0.271 e. The van der Waals surface area contributed by atoms with E-state index >= 15 is 0 Å². The van der Waals surface area contributed by atoms with Crippen LogP contribution in [-0.4, -0.2) is 6.04 Å². The van der Waals surface area contributed by atoms with E-state index < -0.39 is 0 Å².